The van der Waals surface area contributed by atoms with Crippen LogP contribution >= 0.6 is 0 Å². The summed E-state index contributed by atoms with van der Waals surface area (Å²) in [7, 11) is 0. The van der Waals surface area contributed by atoms with E-state index in [9.17, 15) is 0 Å². The topological polar surface area (TPSA) is 38.0 Å². The molecular formula is C16H20N2. The fourth-order valence-corrected chi connectivity index (χ4v) is 1.93. The maximum atomic E-state index is 5.93. The fourth-order valence-electron chi connectivity index (χ4n) is 1.93. The van der Waals surface area contributed by atoms with Gasteiger partial charge >= 0.3 is 0 Å². The third-order valence-electron chi connectivity index (χ3n) is 3.23. The second-order valence-corrected chi connectivity index (χ2v) is 4.71. The second-order valence-electron chi connectivity index (χ2n) is 4.71. The van der Waals surface area contributed by atoms with Gasteiger partial charge in [-0.3, -0.25) is 0 Å². The van der Waals surface area contributed by atoms with E-state index in [2.05, 4.69) is 49.5 Å². The van der Waals surface area contributed by atoms with Gasteiger partial charge in [0.15, 0.2) is 0 Å². The van der Waals surface area contributed by atoms with Crippen molar-refractivity contribution in [3.05, 3.63) is 65.2 Å². The molecule has 0 fully saturated rings. The third kappa shape index (κ3) is 3.11. The number of nitrogen functional groups attached to an aromatic ring is 1. The summed E-state index contributed by atoms with van der Waals surface area (Å²) in [6, 6.07) is 16.9. The number of hydrogen-bond donors (Lipinski definition) is 2. The highest BCUT2D eigenvalue weighted by Crippen LogP contribution is 2.15. The predicted molar refractivity (Wildman–Crippen MR) is 77.3 cm³/mol. The average molecular weight is 240 g/mol. The van der Waals surface area contributed by atoms with Crippen molar-refractivity contribution in [3.8, 4) is 0 Å². The highest BCUT2D eigenvalue weighted by molar-refractivity contribution is 5.46. The number of nitrogens with two attached hydrogens (primary N) is 1. The molecule has 0 aliphatic heterocycles. The zero-order chi connectivity index (χ0) is 13.0. The molecule has 0 aliphatic carbocycles. The summed E-state index contributed by atoms with van der Waals surface area (Å²) in [6.45, 7) is 5.07. The number of benzene rings is 2. The molecule has 0 bridgehead atoms. The van der Waals surface area contributed by atoms with Gasteiger partial charge in [-0.1, -0.05) is 48.0 Å². The maximum absolute atomic E-state index is 5.93. The molecule has 0 aromatic heterocycles. The molecule has 0 saturated heterocycles. The summed E-state index contributed by atoms with van der Waals surface area (Å²) in [4.78, 5) is 0. The van der Waals surface area contributed by atoms with E-state index >= 15 is 0 Å². The highest BCUT2D eigenvalue weighted by atomic mass is 14.9. The molecule has 2 aromatic rings. The summed E-state index contributed by atoms with van der Waals surface area (Å²) in [5, 5.41) is 3.50. The van der Waals surface area contributed by atoms with Gasteiger partial charge in [0.25, 0.3) is 0 Å². The molecule has 2 aromatic carbocycles. The number of anilines is 1. The van der Waals surface area contributed by atoms with Gasteiger partial charge < -0.3 is 11.1 Å². The lowest BCUT2D eigenvalue weighted by molar-refractivity contribution is 0.575. The Bertz CT molecular complexity index is 503. The van der Waals surface area contributed by atoms with Crippen molar-refractivity contribution in [2.45, 2.75) is 26.4 Å². The van der Waals surface area contributed by atoms with Crippen LogP contribution in [-0.4, -0.2) is 0 Å². The van der Waals surface area contributed by atoms with Gasteiger partial charge in [-0.25, -0.2) is 0 Å². The number of nitrogens with one attached hydrogen (secondary N) is 1. The second kappa shape index (κ2) is 5.69. The van der Waals surface area contributed by atoms with Crippen molar-refractivity contribution in [2.75, 3.05) is 5.73 Å². The molecule has 2 nitrogen and oxygen atoms in total. The van der Waals surface area contributed by atoms with Crippen LogP contribution in [0.25, 0.3) is 0 Å². The normalized spacial score (nSPS) is 12.3. The van der Waals surface area contributed by atoms with Gasteiger partial charge in [0.2, 0.25) is 0 Å². The van der Waals surface area contributed by atoms with Gasteiger partial charge in [-0.05, 0) is 31.0 Å². The zero-order valence-corrected chi connectivity index (χ0v) is 11.0. The monoisotopic (exact) mass is 240 g/mol. The van der Waals surface area contributed by atoms with Crippen molar-refractivity contribution < 1.29 is 0 Å². The van der Waals surface area contributed by atoms with E-state index in [1.807, 2.05) is 18.2 Å². The molecule has 0 heterocycles. The Morgan fingerprint density at radius 3 is 2.39 bits per heavy atom. The summed E-state index contributed by atoms with van der Waals surface area (Å²) in [5.41, 5.74) is 10.5. The molecule has 0 amide bonds. The number of hydrogen-bond acceptors (Lipinski definition) is 2. The molecule has 0 radical (unpaired) electrons. The van der Waals surface area contributed by atoms with Crippen LogP contribution in [0.3, 0.4) is 0 Å². The van der Waals surface area contributed by atoms with Crippen LogP contribution in [0.4, 0.5) is 5.69 Å². The van der Waals surface area contributed by atoms with E-state index in [0.29, 0.717) is 6.04 Å². The Hall–Kier alpha value is -1.80. The Morgan fingerprint density at radius 2 is 1.72 bits per heavy atom. The van der Waals surface area contributed by atoms with Crippen LogP contribution in [0.2, 0.25) is 0 Å². The summed E-state index contributed by atoms with van der Waals surface area (Å²) in [6.07, 6.45) is 0. The van der Waals surface area contributed by atoms with Crippen LogP contribution in [0.1, 0.15) is 29.7 Å². The molecule has 1 unspecified atom stereocenters. The minimum Gasteiger partial charge on any atom is -0.398 e. The van der Waals surface area contributed by atoms with Crippen molar-refractivity contribution >= 4 is 5.69 Å². The van der Waals surface area contributed by atoms with Crippen molar-refractivity contribution in [1.29, 1.82) is 0 Å². The van der Waals surface area contributed by atoms with Crippen LogP contribution in [0.5, 0.6) is 0 Å². The first-order chi connectivity index (χ1) is 8.66. The number of para-hydroxylation sites is 1. The smallest absolute Gasteiger partial charge is 0.0359 e. The van der Waals surface area contributed by atoms with Crippen LogP contribution in [-0.2, 0) is 6.54 Å². The first-order valence-corrected chi connectivity index (χ1v) is 6.30. The lowest BCUT2D eigenvalue weighted by atomic mass is 10.1. The molecular weight excluding hydrogens is 220 g/mol. The zero-order valence-electron chi connectivity index (χ0n) is 11.0. The molecule has 3 N–H and O–H groups in total. The lowest BCUT2D eigenvalue weighted by Crippen LogP contribution is -2.18. The Balaban J connectivity index is 1.98. The molecule has 94 valence electrons. The molecule has 0 saturated carbocycles. The molecule has 2 heteroatoms. The van der Waals surface area contributed by atoms with E-state index in [1.165, 1.54) is 11.1 Å². The van der Waals surface area contributed by atoms with Gasteiger partial charge in [-0.15, -0.1) is 0 Å². The summed E-state index contributed by atoms with van der Waals surface area (Å²) < 4.78 is 0. The third-order valence-corrected chi connectivity index (χ3v) is 3.23. The summed E-state index contributed by atoms with van der Waals surface area (Å²) >= 11 is 0. The van der Waals surface area contributed by atoms with Gasteiger partial charge in [0.05, 0.1) is 0 Å². The van der Waals surface area contributed by atoms with Crippen molar-refractivity contribution in [2.24, 2.45) is 0 Å². The lowest BCUT2D eigenvalue weighted by Gasteiger charge is -2.15. The maximum Gasteiger partial charge on any atom is 0.0359 e. The minimum absolute atomic E-state index is 0.324. The quantitative estimate of drug-likeness (QED) is 0.803. The Kier molecular flexibility index (Phi) is 4.00. The molecule has 1 atom stereocenters. The molecule has 18 heavy (non-hydrogen) atoms. The molecule has 0 aliphatic rings. The summed E-state index contributed by atoms with van der Waals surface area (Å²) in [5.74, 6) is 0. The van der Waals surface area contributed by atoms with Gasteiger partial charge in [0, 0.05) is 18.3 Å². The van der Waals surface area contributed by atoms with Crippen LogP contribution in [0.15, 0.2) is 48.5 Å². The molecule has 2 rings (SSSR count). The van der Waals surface area contributed by atoms with Crippen LogP contribution in [0, 0.1) is 6.92 Å². The largest absolute Gasteiger partial charge is 0.398 e. The van der Waals surface area contributed by atoms with E-state index < -0.39 is 0 Å². The number of rotatable bonds is 4. The minimum atomic E-state index is 0.324. The average Bonchev–Trinajstić information content (AvgIpc) is 2.38. The Morgan fingerprint density at radius 1 is 1.06 bits per heavy atom. The standard InChI is InChI=1S/C16H20N2/c1-12-7-9-14(10-8-12)13(2)18-11-15-5-3-4-6-16(15)17/h3-10,13,18H,11,17H2,1-2H3. The van der Waals surface area contributed by atoms with E-state index in [4.69, 9.17) is 5.73 Å². The number of aryl methyl sites for hydroxylation is 1. The Labute approximate surface area is 109 Å². The van der Waals surface area contributed by atoms with E-state index in [0.717, 1.165) is 17.8 Å². The van der Waals surface area contributed by atoms with E-state index in [1.54, 1.807) is 0 Å². The first kappa shape index (κ1) is 12.7. The van der Waals surface area contributed by atoms with E-state index in [-0.39, 0.29) is 0 Å². The SMILES string of the molecule is Cc1ccc(C(C)NCc2ccccc2N)cc1. The van der Waals surface area contributed by atoms with Gasteiger partial charge in [0.1, 0.15) is 0 Å². The van der Waals surface area contributed by atoms with Crippen molar-refractivity contribution in [3.63, 3.8) is 0 Å². The van der Waals surface area contributed by atoms with Crippen molar-refractivity contribution in [1.82, 2.24) is 5.32 Å². The van der Waals surface area contributed by atoms with Crippen LogP contribution < -0.4 is 11.1 Å². The van der Waals surface area contributed by atoms with Gasteiger partial charge in [-0.2, -0.15) is 0 Å². The predicted octanol–water partition coefficient (Wildman–Crippen LogP) is 3.43. The first-order valence-electron chi connectivity index (χ1n) is 6.30. The highest BCUT2D eigenvalue weighted by Gasteiger charge is 2.05. The fraction of sp³-hybridized carbons (Fsp3) is 0.250. The molecule has 0 spiro atoms.